The highest BCUT2D eigenvalue weighted by atomic mass is 16.2. The van der Waals surface area contributed by atoms with E-state index in [-0.39, 0.29) is 5.91 Å². The third kappa shape index (κ3) is 3.49. The van der Waals surface area contributed by atoms with Crippen molar-refractivity contribution < 1.29 is 4.79 Å². The molecule has 3 heterocycles. The number of pyridine rings is 1. The Labute approximate surface area is 152 Å². The van der Waals surface area contributed by atoms with Gasteiger partial charge < -0.3 is 10.2 Å². The quantitative estimate of drug-likeness (QED) is 0.788. The molecule has 0 bridgehead atoms. The van der Waals surface area contributed by atoms with Gasteiger partial charge in [-0.15, -0.1) is 0 Å². The highest BCUT2D eigenvalue weighted by Gasteiger charge is 2.24. The van der Waals surface area contributed by atoms with Crippen molar-refractivity contribution >= 4 is 22.6 Å². The lowest BCUT2D eigenvalue weighted by Gasteiger charge is -2.32. The van der Waals surface area contributed by atoms with Crippen molar-refractivity contribution in [1.82, 2.24) is 19.9 Å². The normalized spacial score (nSPS) is 15.2. The van der Waals surface area contributed by atoms with E-state index in [2.05, 4.69) is 20.3 Å². The molecule has 1 aromatic carbocycles. The van der Waals surface area contributed by atoms with Gasteiger partial charge in [0.2, 0.25) is 0 Å². The second-order valence-corrected chi connectivity index (χ2v) is 6.67. The first-order chi connectivity index (χ1) is 12.7. The molecular weight excluding hydrogens is 326 g/mol. The van der Waals surface area contributed by atoms with E-state index in [1.165, 1.54) is 0 Å². The number of aryl methyl sites for hydroxylation is 1. The van der Waals surface area contributed by atoms with Crippen molar-refractivity contribution in [1.29, 1.82) is 0 Å². The number of carbonyl (C=O) groups is 1. The highest BCUT2D eigenvalue weighted by molar-refractivity contribution is 5.98. The average molecular weight is 347 g/mol. The Bertz CT molecular complexity index is 934. The van der Waals surface area contributed by atoms with E-state index >= 15 is 0 Å². The summed E-state index contributed by atoms with van der Waals surface area (Å²) in [5.74, 6) is 0.941. The number of hydrogen-bond donors (Lipinski definition) is 1. The molecular formula is C20H21N5O. The third-order valence-electron chi connectivity index (χ3n) is 4.79. The summed E-state index contributed by atoms with van der Waals surface area (Å²) in [5, 5.41) is 4.44. The van der Waals surface area contributed by atoms with Crippen molar-refractivity contribution in [3.05, 3.63) is 60.2 Å². The molecule has 132 valence electrons. The monoisotopic (exact) mass is 347 g/mol. The zero-order chi connectivity index (χ0) is 17.9. The summed E-state index contributed by atoms with van der Waals surface area (Å²) in [5.41, 5.74) is 2.58. The van der Waals surface area contributed by atoms with Gasteiger partial charge in [-0.1, -0.05) is 6.07 Å². The lowest BCUT2D eigenvalue weighted by Crippen LogP contribution is -2.42. The number of nitrogens with zero attached hydrogens (tertiary/aromatic N) is 4. The van der Waals surface area contributed by atoms with E-state index < -0.39 is 0 Å². The van der Waals surface area contributed by atoms with Gasteiger partial charge in [-0.2, -0.15) is 0 Å². The minimum Gasteiger partial charge on any atom is -0.367 e. The number of benzene rings is 1. The van der Waals surface area contributed by atoms with Crippen LogP contribution in [0.15, 0.2) is 48.9 Å². The highest BCUT2D eigenvalue weighted by Crippen LogP contribution is 2.19. The van der Waals surface area contributed by atoms with Crippen LogP contribution in [0.5, 0.6) is 0 Å². The van der Waals surface area contributed by atoms with Crippen LogP contribution in [-0.2, 0) is 0 Å². The molecule has 1 N–H and O–H groups in total. The number of likely N-dealkylation sites (tertiary alicyclic amines) is 1. The molecule has 0 saturated carbocycles. The first-order valence-corrected chi connectivity index (χ1v) is 8.88. The second-order valence-electron chi connectivity index (χ2n) is 6.67. The van der Waals surface area contributed by atoms with Crippen LogP contribution in [0, 0.1) is 6.92 Å². The minimum absolute atomic E-state index is 0.0899. The van der Waals surface area contributed by atoms with Crippen LogP contribution in [0.25, 0.3) is 10.9 Å². The maximum Gasteiger partial charge on any atom is 0.253 e. The van der Waals surface area contributed by atoms with Gasteiger partial charge in [0.15, 0.2) is 0 Å². The lowest BCUT2D eigenvalue weighted by molar-refractivity contribution is 0.0718. The van der Waals surface area contributed by atoms with Crippen molar-refractivity contribution in [2.45, 2.75) is 25.8 Å². The molecule has 26 heavy (non-hydrogen) atoms. The Hall–Kier alpha value is -3.02. The third-order valence-corrected chi connectivity index (χ3v) is 4.79. The first kappa shape index (κ1) is 16.4. The second kappa shape index (κ2) is 7.07. The van der Waals surface area contributed by atoms with Gasteiger partial charge in [-0.3, -0.25) is 9.78 Å². The summed E-state index contributed by atoms with van der Waals surface area (Å²) >= 11 is 0. The molecule has 4 rings (SSSR count). The Kier molecular flexibility index (Phi) is 4.48. The van der Waals surface area contributed by atoms with Gasteiger partial charge >= 0.3 is 0 Å². The van der Waals surface area contributed by atoms with E-state index in [9.17, 15) is 4.79 Å². The zero-order valence-electron chi connectivity index (χ0n) is 14.7. The van der Waals surface area contributed by atoms with Gasteiger partial charge in [-0.25, -0.2) is 9.97 Å². The smallest absolute Gasteiger partial charge is 0.253 e. The fraction of sp³-hybridized carbons (Fsp3) is 0.300. The predicted octanol–water partition coefficient (Wildman–Crippen LogP) is 3.05. The molecule has 6 heteroatoms. The fourth-order valence-corrected chi connectivity index (χ4v) is 3.36. The number of amides is 1. The number of nitrogens with one attached hydrogen (secondary N) is 1. The summed E-state index contributed by atoms with van der Waals surface area (Å²) in [6, 6.07) is 11.9. The topological polar surface area (TPSA) is 71.0 Å². The van der Waals surface area contributed by atoms with Gasteiger partial charge in [0, 0.05) is 48.0 Å². The van der Waals surface area contributed by atoms with Crippen LogP contribution in [0.4, 0.5) is 5.82 Å². The van der Waals surface area contributed by atoms with E-state index in [1.807, 2.05) is 48.2 Å². The van der Waals surface area contributed by atoms with Gasteiger partial charge in [0.1, 0.15) is 12.1 Å². The summed E-state index contributed by atoms with van der Waals surface area (Å²) in [7, 11) is 0. The molecule has 0 radical (unpaired) electrons. The van der Waals surface area contributed by atoms with Gasteiger partial charge in [0.05, 0.1) is 5.52 Å². The minimum atomic E-state index is 0.0899. The van der Waals surface area contributed by atoms with E-state index in [1.54, 1.807) is 12.5 Å². The Morgan fingerprint density at radius 3 is 2.77 bits per heavy atom. The van der Waals surface area contributed by atoms with Crippen LogP contribution < -0.4 is 5.32 Å². The molecule has 1 saturated heterocycles. The number of piperidine rings is 1. The van der Waals surface area contributed by atoms with Crippen LogP contribution in [0.2, 0.25) is 0 Å². The van der Waals surface area contributed by atoms with Crippen LogP contribution in [0.1, 0.15) is 28.9 Å². The molecule has 0 unspecified atom stereocenters. The van der Waals surface area contributed by atoms with Crippen LogP contribution in [-0.4, -0.2) is 44.9 Å². The molecule has 3 aromatic rings. The van der Waals surface area contributed by atoms with Crippen molar-refractivity contribution in [2.24, 2.45) is 0 Å². The summed E-state index contributed by atoms with van der Waals surface area (Å²) in [4.78, 5) is 27.4. The molecule has 1 amide bonds. The Balaban J connectivity index is 1.39. The molecule has 0 aliphatic carbocycles. The first-order valence-electron chi connectivity index (χ1n) is 8.88. The van der Waals surface area contributed by atoms with E-state index in [0.717, 1.165) is 53.9 Å². The molecule has 1 aliphatic heterocycles. The van der Waals surface area contributed by atoms with Crippen molar-refractivity contribution in [3.8, 4) is 0 Å². The number of rotatable bonds is 3. The lowest BCUT2D eigenvalue weighted by atomic mass is 10.0. The molecule has 0 atom stereocenters. The van der Waals surface area contributed by atoms with Gasteiger partial charge in [-0.05, 0) is 44.0 Å². The number of anilines is 1. The summed E-state index contributed by atoms with van der Waals surface area (Å²) < 4.78 is 0. The molecule has 1 fully saturated rings. The van der Waals surface area contributed by atoms with Crippen molar-refractivity contribution in [3.63, 3.8) is 0 Å². The maximum atomic E-state index is 12.8. The molecule has 0 spiro atoms. The van der Waals surface area contributed by atoms with E-state index in [4.69, 9.17) is 0 Å². The maximum absolute atomic E-state index is 12.8. The predicted molar refractivity (Wildman–Crippen MR) is 101 cm³/mol. The summed E-state index contributed by atoms with van der Waals surface area (Å²) in [6.45, 7) is 3.44. The van der Waals surface area contributed by atoms with Crippen LogP contribution >= 0.6 is 0 Å². The average Bonchev–Trinajstić information content (AvgIpc) is 2.68. The largest absolute Gasteiger partial charge is 0.367 e. The number of aromatic nitrogens is 3. The van der Waals surface area contributed by atoms with E-state index in [0.29, 0.717) is 6.04 Å². The fourth-order valence-electron chi connectivity index (χ4n) is 3.36. The number of carbonyl (C=O) groups excluding carboxylic acids is 1. The Morgan fingerprint density at radius 2 is 1.96 bits per heavy atom. The molecule has 1 aliphatic rings. The van der Waals surface area contributed by atoms with Gasteiger partial charge in [0.25, 0.3) is 5.91 Å². The zero-order valence-corrected chi connectivity index (χ0v) is 14.7. The van der Waals surface area contributed by atoms with Crippen molar-refractivity contribution in [2.75, 3.05) is 18.4 Å². The standard InChI is InChI=1S/C20H21N5O/c1-14-11-19(23-13-22-14)24-17-6-9-25(10-7-17)20(26)16-4-5-18-15(12-16)3-2-8-21-18/h2-5,8,11-13,17H,6-7,9-10H2,1H3,(H,22,23,24). The molecule has 6 nitrogen and oxygen atoms in total. The SMILES string of the molecule is Cc1cc(NC2CCN(C(=O)c3ccc4ncccc4c3)CC2)ncn1. The molecule has 2 aromatic heterocycles. The number of fused-ring (bicyclic) bond motifs is 1. The summed E-state index contributed by atoms with van der Waals surface area (Å²) in [6.07, 6.45) is 5.15. The Morgan fingerprint density at radius 1 is 1.12 bits per heavy atom. The number of hydrogen-bond acceptors (Lipinski definition) is 5. The van der Waals surface area contributed by atoms with Crippen LogP contribution in [0.3, 0.4) is 0 Å².